The molecule has 0 radical (unpaired) electrons. The lowest BCUT2D eigenvalue weighted by Crippen LogP contribution is -2.01. The average Bonchev–Trinajstić information content (AvgIpc) is 1.50. The van der Waals surface area contributed by atoms with Gasteiger partial charge in [0.15, 0.2) is 0 Å². The van der Waals surface area contributed by atoms with Crippen LogP contribution in [0, 0.1) is 68.0 Å². The third kappa shape index (κ3) is 8.77. The second-order valence-electron chi connectivity index (χ2n) is 25.0. The summed E-state index contributed by atoms with van der Waals surface area (Å²) in [5.41, 5.74) is 21.3. The molecule has 18 aromatic rings. The van der Waals surface area contributed by atoms with E-state index in [4.69, 9.17) is 0 Å². The van der Waals surface area contributed by atoms with Gasteiger partial charge in [-0.25, -0.2) is 0 Å². The maximum absolute atomic E-state index is 11.6. The maximum Gasteiger partial charge on any atom is 0.102 e. The van der Waals surface area contributed by atoms with Crippen LogP contribution in [0.1, 0.15) is 33.4 Å². The van der Waals surface area contributed by atoms with Crippen molar-refractivity contribution in [1.29, 1.82) is 31.6 Å². The minimum absolute atomic E-state index is 0.414. The highest BCUT2D eigenvalue weighted by molar-refractivity contribution is 6.18. The molecule has 14 aromatic carbocycles. The fourth-order valence-electron chi connectivity index (χ4n) is 15.5. The van der Waals surface area contributed by atoms with E-state index in [0.717, 1.165) is 132 Å². The summed E-state index contributed by atoms with van der Waals surface area (Å²) in [6, 6.07) is 112. The normalized spacial score (nSPS) is 11.3. The lowest BCUT2D eigenvalue weighted by Gasteiger charge is -2.17. The van der Waals surface area contributed by atoms with E-state index in [1.807, 2.05) is 170 Å². The molecule has 0 aliphatic carbocycles. The van der Waals surface area contributed by atoms with Crippen molar-refractivity contribution in [2.75, 3.05) is 0 Å². The van der Waals surface area contributed by atoms with Gasteiger partial charge in [0, 0.05) is 70.9 Å². The number of rotatable bonds is 9. The van der Waals surface area contributed by atoms with E-state index in [9.17, 15) is 31.6 Å². The predicted molar refractivity (Wildman–Crippen MR) is 399 cm³/mol. The van der Waals surface area contributed by atoms with Crippen LogP contribution in [0.5, 0.6) is 0 Å². The average molecular weight is 1270 g/mol. The van der Waals surface area contributed by atoms with Crippen LogP contribution in [-0.4, -0.2) is 18.3 Å². The molecule has 0 fully saturated rings. The van der Waals surface area contributed by atoms with Gasteiger partial charge in [0.2, 0.25) is 0 Å². The van der Waals surface area contributed by atoms with Crippen molar-refractivity contribution < 1.29 is 0 Å². The molecule has 0 aliphatic heterocycles. The van der Waals surface area contributed by atoms with E-state index in [0.29, 0.717) is 67.0 Å². The van der Waals surface area contributed by atoms with Gasteiger partial charge in [0.25, 0.3) is 0 Å². The molecule has 100 heavy (non-hydrogen) atoms. The molecule has 0 unspecified atom stereocenters. The number of nitrogens with zero attached hydrogens (tertiary/aromatic N) is 10. The van der Waals surface area contributed by atoms with Crippen molar-refractivity contribution in [2.24, 2.45) is 0 Å². The molecule has 0 aliphatic rings. The predicted octanol–water partition coefficient (Wildman–Crippen LogP) is 21.6. The van der Waals surface area contributed by atoms with Crippen LogP contribution in [0.2, 0.25) is 0 Å². The fraction of sp³-hybridized carbons (Fsp3) is 0. The summed E-state index contributed by atoms with van der Waals surface area (Å²) in [4.78, 5) is 0. The van der Waals surface area contributed by atoms with Crippen LogP contribution in [-0.2, 0) is 0 Å². The Morgan fingerprint density at radius 1 is 0.200 bits per heavy atom. The van der Waals surface area contributed by atoms with Crippen molar-refractivity contribution >= 4 is 87.2 Å². The molecule has 0 saturated heterocycles. The zero-order valence-corrected chi connectivity index (χ0v) is 53.2. The topological polar surface area (TPSA) is 162 Å². The van der Waals surface area contributed by atoms with Gasteiger partial charge in [-0.05, 0) is 155 Å². The molecule has 0 spiro atoms. The van der Waals surface area contributed by atoms with Crippen LogP contribution in [0.25, 0.3) is 166 Å². The molecule has 458 valence electrons. The number of nitriles is 6. The first-order valence-electron chi connectivity index (χ1n) is 32.7. The molecule has 4 heterocycles. The van der Waals surface area contributed by atoms with Crippen LogP contribution >= 0.6 is 0 Å². The summed E-state index contributed by atoms with van der Waals surface area (Å²) < 4.78 is 8.79. The second-order valence-corrected chi connectivity index (χ2v) is 25.0. The molecular weight excluding hydrogens is 1220 g/mol. The maximum atomic E-state index is 11.6. The van der Waals surface area contributed by atoms with Crippen molar-refractivity contribution in [3.63, 3.8) is 0 Å². The van der Waals surface area contributed by atoms with Gasteiger partial charge in [0.1, 0.15) is 12.1 Å². The molecule has 4 aromatic heterocycles. The Morgan fingerprint density at radius 3 is 1.19 bits per heavy atom. The molecule has 0 saturated carbocycles. The third-order valence-electron chi connectivity index (χ3n) is 19.8. The van der Waals surface area contributed by atoms with Crippen molar-refractivity contribution in [1.82, 2.24) is 18.3 Å². The molecule has 10 nitrogen and oxygen atoms in total. The monoisotopic (exact) mass is 1270 g/mol. The summed E-state index contributed by atoms with van der Waals surface area (Å²) in [5, 5.41) is 73.0. The van der Waals surface area contributed by atoms with E-state index in [-0.39, 0.29) is 0 Å². The van der Waals surface area contributed by atoms with Crippen LogP contribution in [0.3, 0.4) is 0 Å². The SMILES string of the molecule is N#Cc1cc(-c2ccccc2-n2c3ccccc3c3ccccc32)cc(-c2cccc(-n3c4ccc(C#N)cc4c4c(-c5ccc6c7ccccc7n(-c7ccccc7-c7cc(-c8cccc(-n9c%10ccccc%10c%10cc(C#N)ccc%109)c8C#N)ccc7C#N)c6c5)cccc43)c2C#N)c1. The van der Waals surface area contributed by atoms with Crippen molar-refractivity contribution in [3.8, 4) is 115 Å². The Bertz CT molecular complexity index is 6830. The van der Waals surface area contributed by atoms with E-state index >= 15 is 0 Å². The van der Waals surface area contributed by atoms with E-state index < -0.39 is 0 Å². The Labute approximate surface area is 573 Å². The highest BCUT2D eigenvalue weighted by atomic mass is 15.0. The highest BCUT2D eigenvalue weighted by Gasteiger charge is 2.26. The fourth-order valence-corrected chi connectivity index (χ4v) is 15.5. The van der Waals surface area contributed by atoms with Gasteiger partial charge in [-0.2, -0.15) is 31.6 Å². The number of hydrogen-bond acceptors (Lipinski definition) is 6. The highest BCUT2D eigenvalue weighted by Crippen LogP contribution is 2.46. The Kier molecular flexibility index (Phi) is 13.3. The van der Waals surface area contributed by atoms with Gasteiger partial charge in [-0.15, -0.1) is 0 Å². The van der Waals surface area contributed by atoms with Crippen LogP contribution in [0.4, 0.5) is 0 Å². The summed E-state index contributed by atoms with van der Waals surface area (Å²) in [5.74, 6) is 0. The number of para-hydroxylation sites is 6. The third-order valence-corrected chi connectivity index (χ3v) is 19.8. The van der Waals surface area contributed by atoms with E-state index in [1.54, 1.807) is 6.07 Å². The van der Waals surface area contributed by atoms with Gasteiger partial charge >= 0.3 is 0 Å². The summed E-state index contributed by atoms with van der Waals surface area (Å²) in [7, 11) is 0. The van der Waals surface area contributed by atoms with E-state index in [2.05, 4.69) is 170 Å². The standard InChI is InChI=1S/C90H48N10/c91-49-55-34-40-86-74(44-55)71-21-6-12-30-83(71)98(86)84-31-13-22-63(76(84)53-95)58-36-37-60(52-94)73(47-58)70-20-5-11-29-82(70)100-81-28-10-4-19-69(81)72-39-38-59(48-89(72)100)66-24-15-33-88-90(66)75-45-56(50-92)35-41-87(75)99(88)85-32-14-23-64(77(85)54-96)61-42-57(51-93)43-62(46-61)65-16-1-7-25-78(65)97-79-26-8-2-17-67(79)68-18-3-9-27-80(68)97/h1-48H. The van der Waals surface area contributed by atoms with Crippen LogP contribution in [0.15, 0.2) is 291 Å². The molecule has 10 heteroatoms. The second kappa shape index (κ2) is 23.0. The summed E-state index contributed by atoms with van der Waals surface area (Å²) >= 11 is 0. The Hall–Kier alpha value is -14.8. The Balaban J connectivity index is 0.784. The van der Waals surface area contributed by atoms with E-state index in [1.165, 1.54) is 0 Å². The first-order chi connectivity index (χ1) is 49.4. The summed E-state index contributed by atoms with van der Waals surface area (Å²) in [6.07, 6.45) is 0. The molecule has 18 rings (SSSR count). The minimum atomic E-state index is 0.414. The minimum Gasteiger partial charge on any atom is -0.309 e. The zero-order chi connectivity index (χ0) is 67.3. The van der Waals surface area contributed by atoms with Gasteiger partial charge in [-0.1, -0.05) is 164 Å². The molecule has 0 bridgehead atoms. The Morgan fingerprint density at radius 2 is 0.600 bits per heavy atom. The smallest absolute Gasteiger partial charge is 0.102 e. The largest absolute Gasteiger partial charge is 0.309 e. The molecular formula is C90H48N10. The first-order valence-corrected chi connectivity index (χ1v) is 32.7. The number of benzene rings is 14. The van der Waals surface area contributed by atoms with Gasteiger partial charge in [-0.3, -0.25) is 0 Å². The number of aromatic nitrogens is 4. The quantitative estimate of drug-likeness (QED) is 0.140. The molecule has 0 amide bonds. The number of fused-ring (bicyclic) bond motifs is 12. The van der Waals surface area contributed by atoms with Crippen molar-refractivity contribution in [2.45, 2.75) is 0 Å². The summed E-state index contributed by atoms with van der Waals surface area (Å²) in [6.45, 7) is 0. The van der Waals surface area contributed by atoms with Gasteiger partial charge in [0.05, 0.1) is 125 Å². The lowest BCUT2D eigenvalue weighted by atomic mass is 9.91. The molecule has 0 atom stereocenters. The number of hydrogen-bond donors (Lipinski definition) is 0. The zero-order valence-electron chi connectivity index (χ0n) is 53.2. The van der Waals surface area contributed by atoms with Crippen LogP contribution < -0.4 is 0 Å². The first kappa shape index (κ1) is 57.8. The van der Waals surface area contributed by atoms with Crippen molar-refractivity contribution in [3.05, 3.63) is 325 Å². The van der Waals surface area contributed by atoms with Gasteiger partial charge < -0.3 is 18.3 Å². The molecule has 0 N–H and O–H groups in total. The lowest BCUT2D eigenvalue weighted by molar-refractivity contribution is 1.17.